The molecule has 0 amide bonds. The van der Waals surface area contributed by atoms with Crippen LogP contribution in [0.1, 0.15) is 84.5 Å². The number of carbonyl (C=O) groups excluding carboxylic acids is 2. The van der Waals surface area contributed by atoms with Crippen LogP contribution in [0.25, 0.3) is 11.1 Å². The Hall–Kier alpha value is -2.82. The summed E-state index contributed by atoms with van der Waals surface area (Å²) in [6.07, 6.45) is 10.3. The molecule has 5 heteroatoms. The third-order valence-corrected chi connectivity index (χ3v) is 6.55. The Labute approximate surface area is 210 Å². The number of cyclic esters (lactones) is 1. The predicted octanol–water partition coefficient (Wildman–Crippen LogP) is 7.51. The molecule has 1 unspecified atom stereocenters. The molecule has 5 nitrogen and oxygen atoms in total. The van der Waals surface area contributed by atoms with Crippen LogP contribution in [0.4, 0.5) is 0 Å². The van der Waals surface area contributed by atoms with Gasteiger partial charge in [-0.15, -0.1) is 0 Å². The molecule has 0 spiro atoms. The Morgan fingerprint density at radius 3 is 2.40 bits per heavy atom. The second-order valence-electron chi connectivity index (χ2n) is 9.40. The molecule has 0 saturated carbocycles. The average molecular weight is 481 g/mol. The van der Waals surface area contributed by atoms with E-state index in [4.69, 9.17) is 14.2 Å². The molecular formula is C30H40O5. The summed E-state index contributed by atoms with van der Waals surface area (Å²) in [5.74, 6) is 0.160. The Bertz CT molecular complexity index is 924. The van der Waals surface area contributed by atoms with Crippen molar-refractivity contribution in [1.29, 1.82) is 0 Å². The standard InChI is InChI=1S/C30H40O5/c1-3-5-7-8-9-13-21-33-25-18-19-26(23-15-11-10-12-16-23)28(22-25)35-30(32)27-20-17-24(14-6-4-2)29(31)34-27/h10-12,15-16,18-19,22,24,27H,3-9,13-14,17,20-21H2,1-2H3/t24?,27-/m0/s1. The fourth-order valence-corrected chi connectivity index (χ4v) is 4.42. The van der Waals surface area contributed by atoms with Gasteiger partial charge in [0, 0.05) is 11.6 Å². The fourth-order valence-electron chi connectivity index (χ4n) is 4.42. The second-order valence-corrected chi connectivity index (χ2v) is 9.40. The summed E-state index contributed by atoms with van der Waals surface area (Å²) in [6, 6.07) is 15.4. The molecule has 0 radical (unpaired) electrons. The second kappa shape index (κ2) is 14.6. The van der Waals surface area contributed by atoms with Crippen molar-refractivity contribution in [1.82, 2.24) is 0 Å². The van der Waals surface area contributed by atoms with E-state index in [-0.39, 0.29) is 11.9 Å². The van der Waals surface area contributed by atoms with Gasteiger partial charge in [0.1, 0.15) is 11.5 Å². The number of hydrogen-bond donors (Lipinski definition) is 0. The smallest absolute Gasteiger partial charge is 0.352 e. The number of ether oxygens (including phenoxy) is 3. The summed E-state index contributed by atoms with van der Waals surface area (Å²) in [5.41, 5.74) is 1.74. The lowest BCUT2D eigenvalue weighted by Crippen LogP contribution is -2.38. The van der Waals surface area contributed by atoms with Crippen molar-refractivity contribution in [2.75, 3.05) is 6.61 Å². The van der Waals surface area contributed by atoms with E-state index in [1.807, 2.05) is 42.5 Å². The highest BCUT2D eigenvalue weighted by molar-refractivity contribution is 5.85. The zero-order valence-corrected chi connectivity index (χ0v) is 21.3. The van der Waals surface area contributed by atoms with Crippen LogP contribution >= 0.6 is 0 Å². The number of hydrogen-bond acceptors (Lipinski definition) is 5. The van der Waals surface area contributed by atoms with Gasteiger partial charge in [-0.2, -0.15) is 0 Å². The highest BCUT2D eigenvalue weighted by atomic mass is 16.6. The molecule has 0 bridgehead atoms. The molecule has 190 valence electrons. The minimum atomic E-state index is -0.864. The van der Waals surface area contributed by atoms with Crippen LogP contribution in [-0.2, 0) is 14.3 Å². The van der Waals surface area contributed by atoms with Crippen molar-refractivity contribution in [2.45, 2.75) is 90.6 Å². The first-order valence-corrected chi connectivity index (χ1v) is 13.4. The zero-order valence-electron chi connectivity index (χ0n) is 21.3. The van der Waals surface area contributed by atoms with E-state index in [0.717, 1.165) is 43.2 Å². The summed E-state index contributed by atoms with van der Waals surface area (Å²) in [7, 11) is 0. The van der Waals surface area contributed by atoms with Crippen LogP contribution in [0.5, 0.6) is 11.5 Å². The number of benzene rings is 2. The minimum absolute atomic E-state index is 0.113. The van der Waals surface area contributed by atoms with E-state index >= 15 is 0 Å². The third kappa shape index (κ3) is 8.41. The maximum absolute atomic E-state index is 13.0. The van der Waals surface area contributed by atoms with Crippen molar-refractivity contribution in [2.24, 2.45) is 5.92 Å². The number of unbranched alkanes of at least 4 members (excludes halogenated alkanes) is 6. The molecule has 3 rings (SSSR count). The largest absolute Gasteiger partial charge is 0.493 e. The van der Waals surface area contributed by atoms with E-state index in [2.05, 4.69) is 13.8 Å². The molecule has 0 aromatic heterocycles. The van der Waals surface area contributed by atoms with Crippen molar-refractivity contribution in [3.05, 3.63) is 48.5 Å². The van der Waals surface area contributed by atoms with E-state index in [1.165, 1.54) is 25.7 Å². The van der Waals surface area contributed by atoms with Crippen molar-refractivity contribution >= 4 is 11.9 Å². The number of rotatable bonds is 14. The normalized spacial score (nSPS) is 17.6. The van der Waals surface area contributed by atoms with E-state index < -0.39 is 12.1 Å². The minimum Gasteiger partial charge on any atom is -0.493 e. The molecular weight excluding hydrogens is 440 g/mol. The molecule has 1 aliphatic heterocycles. The first-order valence-electron chi connectivity index (χ1n) is 13.4. The quantitative estimate of drug-likeness (QED) is 0.159. The number of esters is 2. The topological polar surface area (TPSA) is 61.8 Å². The summed E-state index contributed by atoms with van der Waals surface area (Å²) >= 11 is 0. The molecule has 1 aliphatic rings. The Morgan fingerprint density at radius 2 is 1.66 bits per heavy atom. The fraction of sp³-hybridized carbons (Fsp3) is 0.533. The maximum atomic E-state index is 13.0. The lowest BCUT2D eigenvalue weighted by atomic mass is 9.93. The van der Waals surface area contributed by atoms with Crippen LogP contribution in [0, 0.1) is 5.92 Å². The highest BCUT2D eigenvalue weighted by Gasteiger charge is 2.35. The Balaban J connectivity index is 1.64. The van der Waals surface area contributed by atoms with Crippen LogP contribution < -0.4 is 9.47 Å². The summed E-state index contributed by atoms with van der Waals surface area (Å²) < 4.78 is 17.3. The van der Waals surface area contributed by atoms with Crippen molar-refractivity contribution in [3.8, 4) is 22.6 Å². The van der Waals surface area contributed by atoms with Crippen LogP contribution in [0.3, 0.4) is 0 Å². The molecule has 1 fully saturated rings. The van der Waals surface area contributed by atoms with Gasteiger partial charge in [0.25, 0.3) is 0 Å². The van der Waals surface area contributed by atoms with Crippen LogP contribution in [-0.4, -0.2) is 24.6 Å². The van der Waals surface area contributed by atoms with Gasteiger partial charge in [0.15, 0.2) is 6.10 Å². The average Bonchev–Trinajstić information content (AvgIpc) is 2.88. The molecule has 0 aliphatic carbocycles. The molecule has 2 atom stereocenters. The van der Waals surface area contributed by atoms with Crippen molar-refractivity contribution in [3.63, 3.8) is 0 Å². The van der Waals surface area contributed by atoms with Crippen LogP contribution in [0.2, 0.25) is 0 Å². The molecule has 1 heterocycles. The molecule has 2 aromatic rings. The molecule has 0 N–H and O–H groups in total. The highest BCUT2D eigenvalue weighted by Crippen LogP contribution is 2.35. The van der Waals surface area contributed by atoms with Crippen molar-refractivity contribution < 1.29 is 23.8 Å². The zero-order chi connectivity index (χ0) is 24.9. The van der Waals surface area contributed by atoms with E-state index in [0.29, 0.717) is 30.9 Å². The molecule has 2 aromatic carbocycles. The van der Waals surface area contributed by atoms with Gasteiger partial charge in [-0.25, -0.2) is 4.79 Å². The Kier molecular flexibility index (Phi) is 11.1. The Morgan fingerprint density at radius 1 is 0.914 bits per heavy atom. The monoisotopic (exact) mass is 480 g/mol. The SMILES string of the molecule is CCCCCCCCOc1ccc(-c2ccccc2)c(OC(=O)[C@@H]2CCC(CCCC)C(=O)O2)c1. The van der Waals surface area contributed by atoms with Gasteiger partial charge in [-0.3, -0.25) is 4.79 Å². The van der Waals surface area contributed by atoms with Gasteiger partial charge >= 0.3 is 11.9 Å². The van der Waals surface area contributed by atoms with E-state index in [1.54, 1.807) is 6.07 Å². The summed E-state index contributed by atoms with van der Waals surface area (Å²) in [4.78, 5) is 25.4. The van der Waals surface area contributed by atoms with E-state index in [9.17, 15) is 9.59 Å². The van der Waals surface area contributed by atoms with Gasteiger partial charge in [-0.05, 0) is 43.4 Å². The van der Waals surface area contributed by atoms with Gasteiger partial charge in [0.05, 0.1) is 12.5 Å². The number of carbonyl (C=O) groups is 2. The third-order valence-electron chi connectivity index (χ3n) is 6.55. The van der Waals surface area contributed by atoms with Crippen LogP contribution in [0.15, 0.2) is 48.5 Å². The van der Waals surface area contributed by atoms with Gasteiger partial charge in [-0.1, -0.05) is 89.1 Å². The van der Waals surface area contributed by atoms with Gasteiger partial charge in [0.2, 0.25) is 0 Å². The molecule has 35 heavy (non-hydrogen) atoms. The summed E-state index contributed by atoms with van der Waals surface area (Å²) in [5, 5.41) is 0. The first kappa shape index (κ1) is 26.8. The maximum Gasteiger partial charge on any atom is 0.352 e. The lowest BCUT2D eigenvalue weighted by molar-refractivity contribution is -0.171. The summed E-state index contributed by atoms with van der Waals surface area (Å²) in [6.45, 7) is 4.95. The predicted molar refractivity (Wildman–Crippen MR) is 139 cm³/mol. The lowest BCUT2D eigenvalue weighted by Gasteiger charge is -2.27. The first-order chi connectivity index (χ1) is 17.1. The molecule has 1 saturated heterocycles. The van der Waals surface area contributed by atoms with Gasteiger partial charge < -0.3 is 14.2 Å².